The number of rotatable bonds is 5. The van der Waals surface area contributed by atoms with Gasteiger partial charge in [-0.25, -0.2) is 0 Å². The van der Waals surface area contributed by atoms with E-state index < -0.39 is 52.6 Å². The van der Waals surface area contributed by atoms with Crippen LogP contribution in [0.25, 0.3) is 0 Å². The minimum absolute atomic E-state index is 0.0787. The number of nitrogens with zero attached hydrogens (tertiary/aromatic N) is 1. The summed E-state index contributed by atoms with van der Waals surface area (Å²) >= 11 is 0. The molecule has 3 amide bonds. The highest BCUT2D eigenvalue weighted by atomic mass is 16.3. The fourth-order valence-corrected chi connectivity index (χ4v) is 2.67. The molecule has 2 unspecified atom stereocenters. The highest BCUT2D eigenvalue weighted by molar-refractivity contribution is 6.05. The average Bonchev–Trinajstić information content (AvgIpc) is 2.80. The molecule has 1 heterocycles. The fourth-order valence-electron chi connectivity index (χ4n) is 2.67. The van der Waals surface area contributed by atoms with E-state index in [9.17, 15) is 34.8 Å². The summed E-state index contributed by atoms with van der Waals surface area (Å²) in [5.74, 6) is -4.02. The van der Waals surface area contributed by atoms with Crippen LogP contribution in [0.5, 0.6) is 17.2 Å². The standard InChI is InChI=1S/C14H17N3O7/c1-5(2-3-6(19)16-4-18)17-13(23)7-8(14(17)24)10(20)12(22)11(21)9(7)15/h4-5,13,20-23H,2-3,15H2,1H3,(H,16,18,19). The van der Waals surface area contributed by atoms with Gasteiger partial charge in [-0.05, 0) is 13.3 Å². The molecular weight excluding hydrogens is 322 g/mol. The molecule has 130 valence electrons. The first-order chi connectivity index (χ1) is 11.2. The Kier molecular flexibility index (Phi) is 4.51. The van der Waals surface area contributed by atoms with Crippen molar-refractivity contribution in [2.75, 3.05) is 5.73 Å². The minimum Gasteiger partial charge on any atom is -0.504 e. The molecular formula is C14H17N3O7. The average molecular weight is 339 g/mol. The Hall–Kier alpha value is -3.01. The van der Waals surface area contributed by atoms with Crippen molar-refractivity contribution in [3.8, 4) is 17.2 Å². The van der Waals surface area contributed by atoms with Crippen LogP contribution in [0.3, 0.4) is 0 Å². The molecule has 24 heavy (non-hydrogen) atoms. The van der Waals surface area contributed by atoms with Crippen LogP contribution >= 0.6 is 0 Å². The van der Waals surface area contributed by atoms with E-state index in [4.69, 9.17) is 5.73 Å². The molecule has 10 heteroatoms. The summed E-state index contributed by atoms with van der Waals surface area (Å²) in [4.78, 5) is 34.9. The molecule has 1 aliphatic rings. The smallest absolute Gasteiger partial charge is 0.260 e. The lowest BCUT2D eigenvalue weighted by Crippen LogP contribution is -2.37. The number of nitrogens with one attached hydrogen (secondary N) is 1. The van der Waals surface area contributed by atoms with Gasteiger partial charge in [0.25, 0.3) is 5.91 Å². The van der Waals surface area contributed by atoms with Crippen LogP contribution in [0.1, 0.15) is 41.9 Å². The number of fused-ring (bicyclic) bond motifs is 1. The number of aromatic hydroxyl groups is 3. The van der Waals surface area contributed by atoms with Crippen LogP contribution in [0.15, 0.2) is 0 Å². The number of nitrogens with two attached hydrogens (primary N) is 1. The number of hydrogen-bond acceptors (Lipinski definition) is 8. The number of nitrogen functional groups attached to an aromatic ring is 1. The second-order valence-electron chi connectivity index (χ2n) is 5.41. The number of phenolic OH excluding ortho intramolecular Hbond substituents is 3. The fraction of sp³-hybridized carbons (Fsp3) is 0.357. The summed E-state index contributed by atoms with van der Waals surface area (Å²) < 4.78 is 0. The zero-order valence-corrected chi connectivity index (χ0v) is 12.7. The maximum atomic E-state index is 12.5. The van der Waals surface area contributed by atoms with Crippen LogP contribution in [0.4, 0.5) is 5.69 Å². The number of phenols is 3. The molecule has 0 aromatic heterocycles. The largest absolute Gasteiger partial charge is 0.504 e. The summed E-state index contributed by atoms with van der Waals surface area (Å²) in [6.07, 6.45) is -1.28. The first-order valence-corrected chi connectivity index (χ1v) is 7.02. The number of aliphatic hydroxyl groups is 1. The maximum absolute atomic E-state index is 12.5. The number of benzene rings is 1. The van der Waals surface area contributed by atoms with Gasteiger partial charge in [-0.15, -0.1) is 0 Å². The molecule has 0 spiro atoms. The topological polar surface area (TPSA) is 173 Å². The molecule has 0 fully saturated rings. The summed E-state index contributed by atoms with van der Waals surface area (Å²) in [6.45, 7) is 1.55. The summed E-state index contributed by atoms with van der Waals surface area (Å²) in [6, 6.07) is -0.652. The van der Waals surface area contributed by atoms with Crippen molar-refractivity contribution in [2.24, 2.45) is 0 Å². The monoisotopic (exact) mass is 339 g/mol. The quantitative estimate of drug-likeness (QED) is 0.176. The van der Waals surface area contributed by atoms with Gasteiger partial charge in [0, 0.05) is 18.0 Å². The van der Waals surface area contributed by atoms with E-state index in [1.54, 1.807) is 6.92 Å². The number of hydrogen-bond donors (Lipinski definition) is 6. The predicted molar refractivity (Wildman–Crippen MR) is 79.9 cm³/mol. The Labute approximate surface area is 136 Å². The number of imide groups is 1. The summed E-state index contributed by atoms with van der Waals surface area (Å²) in [7, 11) is 0. The van der Waals surface area contributed by atoms with E-state index in [0.717, 1.165) is 4.90 Å². The van der Waals surface area contributed by atoms with Crippen LogP contribution in [-0.2, 0) is 9.59 Å². The third-order valence-corrected chi connectivity index (χ3v) is 3.95. The zero-order chi connectivity index (χ0) is 18.2. The van der Waals surface area contributed by atoms with Gasteiger partial charge in [0.05, 0.1) is 11.3 Å². The zero-order valence-electron chi connectivity index (χ0n) is 12.7. The number of aliphatic hydroxyl groups excluding tert-OH is 1. The van der Waals surface area contributed by atoms with Gasteiger partial charge in [-0.3, -0.25) is 19.7 Å². The van der Waals surface area contributed by atoms with Crippen molar-refractivity contribution in [2.45, 2.75) is 32.0 Å². The van der Waals surface area contributed by atoms with Crippen molar-refractivity contribution in [3.05, 3.63) is 11.1 Å². The first kappa shape index (κ1) is 17.3. The molecule has 1 aromatic rings. The Bertz CT molecular complexity index is 719. The van der Waals surface area contributed by atoms with Crippen LogP contribution in [0, 0.1) is 0 Å². The van der Waals surface area contributed by atoms with Crippen molar-refractivity contribution >= 4 is 23.9 Å². The highest BCUT2D eigenvalue weighted by Gasteiger charge is 2.44. The molecule has 0 bridgehead atoms. The molecule has 0 aliphatic carbocycles. The van der Waals surface area contributed by atoms with Crippen LogP contribution in [0.2, 0.25) is 0 Å². The molecule has 7 N–H and O–H groups in total. The lowest BCUT2D eigenvalue weighted by molar-refractivity contribution is -0.125. The Balaban J connectivity index is 2.31. The predicted octanol–water partition coefficient (Wildman–Crippen LogP) is -0.726. The van der Waals surface area contributed by atoms with Crippen molar-refractivity contribution in [3.63, 3.8) is 0 Å². The van der Waals surface area contributed by atoms with E-state index >= 15 is 0 Å². The summed E-state index contributed by atoms with van der Waals surface area (Å²) in [5.41, 5.74) is 4.58. The van der Waals surface area contributed by atoms with Gasteiger partial charge >= 0.3 is 0 Å². The molecule has 1 aliphatic heterocycles. The van der Waals surface area contributed by atoms with E-state index in [-0.39, 0.29) is 24.8 Å². The number of amides is 3. The van der Waals surface area contributed by atoms with Crippen LogP contribution < -0.4 is 11.1 Å². The van der Waals surface area contributed by atoms with Gasteiger partial charge in [-0.1, -0.05) is 0 Å². The second kappa shape index (κ2) is 6.24. The van der Waals surface area contributed by atoms with Gasteiger partial charge in [0.15, 0.2) is 17.7 Å². The van der Waals surface area contributed by atoms with E-state index in [1.807, 2.05) is 5.32 Å². The molecule has 2 rings (SSSR count). The Morgan fingerprint density at radius 2 is 1.96 bits per heavy atom. The van der Waals surface area contributed by atoms with Crippen molar-refractivity contribution in [1.29, 1.82) is 0 Å². The van der Waals surface area contributed by atoms with E-state index in [1.165, 1.54) is 0 Å². The van der Waals surface area contributed by atoms with Crippen LogP contribution in [-0.4, -0.2) is 49.6 Å². The molecule has 2 atom stereocenters. The maximum Gasteiger partial charge on any atom is 0.260 e. The number of carbonyl (C=O) groups excluding carboxylic acids is 3. The Morgan fingerprint density at radius 1 is 1.33 bits per heavy atom. The number of carbonyl (C=O) groups is 3. The molecule has 10 nitrogen and oxygen atoms in total. The lowest BCUT2D eigenvalue weighted by atomic mass is 10.0. The van der Waals surface area contributed by atoms with Gasteiger partial charge < -0.3 is 31.1 Å². The minimum atomic E-state index is -1.56. The second-order valence-corrected chi connectivity index (χ2v) is 5.41. The van der Waals surface area contributed by atoms with E-state index in [2.05, 4.69) is 0 Å². The van der Waals surface area contributed by atoms with Gasteiger partial charge in [-0.2, -0.15) is 0 Å². The molecule has 0 saturated heterocycles. The highest BCUT2D eigenvalue weighted by Crippen LogP contribution is 2.51. The van der Waals surface area contributed by atoms with Crippen molar-refractivity contribution < 1.29 is 34.8 Å². The first-order valence-electron chi connectivity index (χ1n) is 7.02. The molecule has 0 saturated carbocycles. The third-order valence-electron chi connectivity index (χ3n) is 3.95. The normalized spacial score (nSPS) is 17.5. The van der Waals surface area contributed by atoms with Crippen molar-refractivity contribution in [1.82, 2.24) is 10.2 Å². The van der Waals surface area contributed by atoms with Gasteiger partial charge in [0.1, 0.15) is 0 Å². The lowest BCUT2D eigenvalue weighted by Gasteiger charge is -2.28. The van der Waals surface area contributed by atoms with Gasteiger partial charge in [0.2, 0.25) is 18.1 Å². The molecule has 1 aromatic carbocycles. The van der Waals surface area contributed by atoms with E-state index in [0.29, 0.717) is 0 Å². The summed E-state index contributed by atoms with van der Waals surface area (Å²) in [5, 5.41) is 41.4. The third kappa shape index (κ3) is 2.56. The SMILES string of the molecule is CC(CCC(=O)NC=O)N1C(=O)c2c(O)c(O)c(O)c(N)c2C1O. The Morgan fingerprint density at radius 3 is 2.54 bits per heavy atom. The molecule has 0 radical (unpaired) electrons. The number of anilines is 1.